The van der Waals surface area contributed by atoms with Gasteiger partial charge in [-0.3, -0.25) is 4.79 Å². The highest BCUT2D eigenvalue weighted by Crippen LogP contribution is 2.23. The first-order valence-corrected chi connectivity index (χ1v) is 9.50. The molecule has 1 amide bonds. The lowest BCUT2D eigenvalue weighted by atomic mass is 10.1. The van der Waals surface area contributed by atoms with Crippen molar-refractivity contribution in [3.8, 4) is 17.6 Å². The van der Waals surface area contributed by atoms with E-state index in [1.54, 1.807) is 55.6 Å². The number of methoxy groups -OCH3 is 1. The van der Waals surface area contributed by atoms with Crippen molar-refractivity contribution in [2.24, 2.45) is 0 Å². The molecule has 3 aromatic rings. The zero-order valence-corrected chi connectivity index (χ0v) is 17.0. The number of halogens is 1. The van der Waals surface area contributed by atoms with Crippen LogP contribution in [-0.2, 0) is 11.4 Å². The Bertz CT molecular complexity index is 1080. The van der Waals surface area contributed by atoms with Crippen LogP contribution in [-0.4, -0.2) is 13.0 Å². The Balaban J connectivity index is 1.75. The monoisotopic (exact) mass is 418 g/mol. The quantitative estimate of drug-likeness (QED) is 0.407. The van der Waals surface area contributed by atoms with Gasteiger partial charge in [-0.05, 0) is 54.1 Å². The first-order valence-electron chi connectivity index (χ1n) is 9.12. The maximum Gasteiger partial charge on any atom is 0.266 e. The van der Waals surface area contributed by atoms with Crippen molar-refractivity contribution in [2.75, 3.05) is 12.4 Å². The molecule has 0 bridgehead atoms. The molecule has 0 saturated heterocycles. The van der Waals surface area contributed by atoms with E-state index in [2.05, 4.69) is 5.32 Å². The third-order valence-electron chi connectivity index (χ3n) is 4.24. The van der Waals surface area contributed by atoms with E-state index in [0.29, 0.717) is 34.4 Å². The number of anilines is 1. The van der Waals surface area contributed by atoms with Crippen LogP contribution in [0.3, 0.4) is 0 Å². The van der Waals surface area contributed by atoms with Gasteiger partial charge in [-0.2, -0.15) is 5.26 Å². The van der Waals surface area contributed by atoms with Gasteiger partial charge in [0.1, 0.15) is 29.7 Å². The molecule has 6 heteroatoms. The molecule has 0 aliphatic heterocycles. The molecule has 0 unspecified atom stereocenters. The van der Waals surface area contributed by atoms with Crippen molar-refractivity contribution in [3.63, 3.8) is 0 Å². The number of nitrogens with zero attached hydrogens (tertiary/aromatic N) is 1. The number of carbonyl (C=O) groups excluding carboxylic acids is 1. The van der Waals surface area contributed by atoms with E-state index in [4.69, 9.17) is 21.1 Å². The summed E-state index contributed by atoms with van der Waals surface area (Å²) >= 11 is 5.91. The minimum absolute atomic E-state index is 0.0339. The highest BCUT2D eigenvalue weighted by molar-refractivity contribution is 6.30. The molecule has 30 heavy (non-hydrogen) atoms. The van der Waals surface area contributed by atoms with Crippen molar-refractivity contribution in [2.45, 2.75) is 6.61 Å². The summed E-state index contributed by atoms with van der Waals surface area (Å²) in [6.45, 7) is 0.335. The van der Waals surface area contributed by atoms with E-state index in [1.165, 1.54) is 6.08 Å². The predicted molar refractivity (Wildman–Crippen MR) is 117 cm³/mol. The summed E-state index contributed by atoms with van der Waals surface area (Å²) in [5.74, 6) is 0.739. The lowest BCUT2D eigenvalue weighted by Crippen LogP contribution is -2.13. The van der Waals surface area contributed by atoms with Gasteiger partial charge in [-0.25, -0.2) is 0 Å². The second kappa shape index (κ2) is 10.1. The predicted octanol–water partition coefficient (Wildman–Crippen LogP) is 5.47. The minimum Gasteiger partial charge on any atom is -0.497 e. The zero-order chi connectivity index (χ0) is 21.3. The van der Waals surface area contributed by atoms with Crippen LogP contribution in [0.15, 0.2) is 78.4 Å². The number of nitriles is 1. The molecule has 3 rings (SSSR count). The largest absolute Gasteiger partial charge is 0.497 e. The van der Waals surface area contributed by atoms with Crippen LogP contribution in [0, 0.1) is 11.3 Å². The van der Waals surface area contributed by atoms with Gasteiger partial charge >= 0.3 is 0 Å². The molecule has 150 valence electrons. The van der Waals surface area contributed by atoms with Crippen LogP contribution < -0.4 is 14.8 Å². The normalized spacial score (nSPS) is 10.8. The minimum atomic E-state index is -0.504. The fraction of sp³-hybridized carbons (Fsp3) is 0.0833. The standard InChI is InChI=1S/C24H19ClN2O3/c1-29-22-12-10-21(11-13-22)27-24(28)19(15-26)14-18-4-2-3-5-23(18)30-16-17-6-8-20(25)9-7-17/h2-14H,16H2,1H3,(H,27,28)/b19-14+. The Morgan fingerprint density at radius 3 is 2.43 bits per heavy atom. The molecular formula is C24H19ClN2O3. The average molecular weight is 419 g/mol. The fourth-order valence-electron chi connectivity index (χ4n) is 2.65. The van der Waals surface area contributed by atoms with Crippen molar-refractivity contribution >= 4 is 29.3 Å². The highest BCUT2D eigenvalue weighted by atomic mass is 35.5. The molecule has 3 aromatic carbocycles. The first-order chi connectivity index (χ1) is 14.6. The molecular weight excluding hydrogens is 400 g/mol. The SMILES string of the molecule is COc1ccc(NC(=O)/C(C#N)=C/c2ccccc2OCc2ccc(Cl)cc2)cc1. The number of para-hydroxylation sites is 1. The van der Waals surface area contributed by atoms with E-state index in [-0.39, 0.29) is 5.57 Å². The van der Waals surface area contributed by atoms with Gasteiger partial charge in [-0.15, -0.1) is 0 Å². The van der Waals surface area contributed by atoms with E-state index in [1.807, 2.05) is 30.3 Å². The Labute approximate surface area is 180 Å². The molecule has 0 aromatic heterocycles. The number of ether oxygens (including phenoxy) is 2. The van der Waals surface area contributed by atoms with Gasteiger partial charge in [0.25, 0.3) is 5.91 Å². The molecule has 0 spiro atoms. The molecule has 1 N–H and O–H groups in total. The van der Waals surface area contributed by atoms with Crippen molar-refractivity contribution in [3.05, 3.63) is 94.5 Å². The Morgan fingerprint density at radius 1 is 1.07 bits per heavy atom. The van der Waals surface area contributed by atoms with Crippen molar-refractivity contribution in [1.82, 2.24) is 0 Å². The van der Waals surface area contributed by atoms with Crippen molar-refractivity contribution in [1.29, 1.82) is 5.26 Å². The lowest BCUT2D eigenvalue weighted by Gasteiger charge is -2.10. The van der Waals surface area contributed by atoms with Crippen LogP contribution in [0.2, 0.25) is 5.02 Å². The summed E-state index contributed by atoms with van der Waals surface area (Å²) in [4.78, 5) is 12.5. The van der Waals surface area contributed by atoms with Gasteiger partial charge in [0.2, 0.25) is 0 Å². The number of benzene rings is 3. The second-order valence-electron chi connectivity index (χ2n) is 6.31. The van der Waals surface area contributed by atoms with Gasteiger partial charge in [0.15, 0.2) is 0 Å². The van der Waals surface area contributed by atoms with Gasteiger partial charge in [0, 0.05) is 16.3 Å². The number of rotatable bonds is 7. The topological polar surface area (TPSA) is 71.3 Å². The Hall–Kier alpha value is -3.75. The summed E-state index contributed by atoms with van der Waals surface area (Å²) in [7, 11) is 1.57. The molecule has 0 atom stereocenters. The number of amides is 1. The summed E-state index contributed by atoms with van der Waals surface area (Å²) in [5, 5.41) is 12.9. The molecule has 5 nitrogen and oxygen atoms in total. The van der Waals surface area contributed by atoms with Gasteiger partial charge in [-0.1, -0.05) is 41.9 Å². The number of hydrogen-bond donors (Lipinski definition) is 1. The highest BCUT2D eigenvalue weighted by Gasteiger charge is 2.11. The summed E-state index contributed by atoms with van der Waals surface area (Å²) in [5.41, 5.74) is 2.12. The fourth-order valence-corrected chi connectivity index (χ4v) is 2.78. The van der Waals surface area contributed by atoms with Gasteiger partial charge < -0.3 is 14.8 Å². The van der Waals surface area contributed by atoms with E-state index in [9.17, 15) is 10.1 Å². The molecule has 0 radical (unpaired) electrons. The summed E-state index contributed by atoms with van der Waals surface area (Å²) in [6.07, 6.45) is 1.51. The lowest BCUT2D eigenvalue weighted by molar-refractivity contribution is -0.112. The maximum atomic E-state index is 12.5. The third kappa shape index (κ3) is 5.63. The van der Waals surface area contributed by atoms with Crippen LogP contribution in [0.5, 0.6) is 11.5 Å². The number of nitrogens with one attached hydrogen (secondary N) is 1. The van der Waals surface area contributed by atoms with E-state index >= 15 is 0 Å². The van der Waals surface area contributed by atoms with E-state index in [0.717, 1.165) is 5.56 Å². The zero-order valence-electron chi connectivity index (χ0n) is 16.3. The second-order valence-corrected chi connectivity index (χ2v) is 6.74. The molecule has 0 heterocycles. The summed E-state index contributed by atoms with van der Waals surface area (Å²) in [6, 6.07) is 23.4. The van der Waals surface area contributed by atoms with Crippen molar-refractivity contribution < 1.29 is 14.3 Å². The number of hydrogen-bond acceptors (Lipinski definition) is 4. The molecule has 0 aliphatic rings. The van der Waals surface area contributed by atoms with Crippen LogP contribution in [0.4, 0.5) is 5.69 Å². The average Bonchev–Trinajstić information content (AvgIpc) is 2.78. The third-order valence-corrected chi connectivity index (χ3v) is 4.49. The Morgan fingerprint density at radius 2 is 1.77 bits per heavy atom. The number of carbonyl (C=O) groups is 1. The Kier molecular flexibility index (Phi) is 7.09. The molecule has 0 aliphatic carbocycles. The van der Waals surface area contributed by atoms with E-state index < -0.39 is 5.91 Å². The van der Waals surface area contributed by atoms with Gasteiger partial charge in [0.05, 0.1) is 7.11 Å². The van der Waals surface area contributed by atoms with Crippen LogP contribution in [0.1, 0.15) is 11.1 Å². The van der Waals surface area contributed by atoms with Crippen LogP contribution in [0.25, 0.3) is 6.08 Å². The smallest absolute Gasteiger partial charge is 0.266 e. The van der Waals surface area contributed by atoms with Crippen LogP contribution >= 0.6 is 11.6 Å². The molecule has 0 fully saturated rings. The molecule has 0 saturated carbocycles. The maximum absolute atomic E-state index is 12.5. The first kappa shape index (κ1) is 21.0. The summed E-state index contributed by atoms with van der Waals surface area (Å²) < 4.78 is 11.0.